The lowest BCUT2D eigenvalue weighted by molar-refractivity contribution is -0.123. The lowest BCUT2D eigenvalue weighted by atomic mass is 9.92. The van der Waals surface area contributed by atoms with E-state index in [2.05, 4.69) is 10.6 Å². The average Bonchev–Trinajstić information content (AvgIpc) is 2.67. The van der Waals surface area contributed by atoms with Crippen LogP contribution in [0.25, 0.3) is 0 Å². The molecule has 5 nitrogen and oxygen atoms in total. The summed E-state index contributed by atoms with van der Waals surface area (Å²) in [6, 6.07) is 15.1. The number of carbonyl (C=O) groups is 2. The van der Waals surface area contributed by atoms with E-state index in [-0.39, 0.29) is 17.7 Å². The van der Waals surface area contributed by atoms with Gasteiger partial charge >= 0.3 is 0 Å². The Labute approximate surface area is 147 Å². The van der Waals surface area contributed by atoms with Crippen molar-refractivity contribution in [1.82, 2.24) is 10.6 Å². The van der Waals surface area contributed by atoms with Gasteiger partial charge in [-0.25, -0.2) is 0 Å². The number of amides is 2. The fraction of sp³-hybridized carbons (Fsp3) is 0.300. The highest BCUT2D eigenvalue weighted by molar-refractivity contribution is 5.94. The van der Waals surface area contributed by atoms with Gasteiger partial charge in [0.15, 0.2) is 0 Å². The summed E-state index contributed by atoms with van der Waals surface area (Å²) in [7, 11) is 1.61. The van der Waals surface area contributed by atoms with Crippen LogP contribution >= 0.6 is 0 Å². The first-order valence-electron chi connectivity index (χ1n) is 8.49. The zero-order chi connectivity index (χ0) is 17.6. The highest BCUT2D eigenvalue weighted by Crippen LogP contribution is 2.33. The second kappa shape index (κ2) is 7.83. The molecule has 25 heavy (non-hydrogen) atoms. The maximum atomic E-state index is 12.5. The zero-order valence-electron chi connectivity index (χ0n) is 14.2. The van der Waals surface area contributed by atoms with E-state index in [0.717, 1.165) is 16.9 Å². The largest absolute Gasteiger partial charge is 0.493 e. The molecule has 5 heteroatoms. The number of carbonyl (C=O) groups excluding carboxylic acids is 2. The Morgan fingerprint density at radius 3 is 2.84 bits per heavy atom. The number of hydrogen-bond donors (Lipinski definition) is 2. The monoisotopic (exact) mass is 338 g/mol. The Bertz CT molecular complexity index is 773. The Kier molecular flexibility index (Phi) is 5.33. The Morgan fingerprint density at radius 1 is 1.16 bits per heavy atom. The first-order chi connectivity index (χ1) is 12.2. The van der Waals surface area contributed by atoms with Gasteiger partial charge in [0.05, 0.1) is 12.5 Å². The van der Waals surface area contributed by atoms with Crippen molar-refractivity contribution in [3.63, 3.8) is 0 Å². The van der Waals surface area contributed by atoms with Crippen molar-refractivity contribution in [2.45, 2.75) is 18.8 Å². The Balaban J connectivity index is 1.58. The van der Waals surface area contributed by atoms with Crippen LogP contribution in [-0.4, -0.2) is 32.0 Å². The van der Waals surface area contributed by atoms with Gasteiger partial charge in [0.2, 0.25) is 5.91 Å². The van der Waals surface area contributed by atoms with Crippen LogP contribution in [-0.2, 0) is 11.2 Å². The van der Waals surface area contributed by atoms with Crippen LogP contribution in [0.15, 0.2) is 48.5 Å². The molecule has 0 aliphatic carbocycles. The van der Waals surface area contributed by atoms with Gasteiger partial charge in [-0.15, -0.1) is 0 Å². The predicted molar refractivity (Wildman–Crippen MR) is 95.8 cm³/mol. The summed E-state index contributed by atoms with van der Waals surface area (Å²) >= 11 is 0. The summed E-state index contributed by atoms with van der Waals surface area (Å²) < 4.78 is 5.61. The van der Waals surface area contributed by atoms with Crippen molar-refractivity contribution >= 4 is 11.8 Å². The Morgan fingerprint density at radius 2 is 2.00 bits per heavy atom. The van der Waals surface area contributed by atoms with Gasteiger partial charge in [0, 0.05) is 24.7 Å². The van der Waals surface area contributed by atoms with E-state index >= 15 is 0 Å². The van der Waals surface area contributed by atoms with E-state index in [1.165, 1.54) is 0 Å². The van der Waals surface area contributed by atoms with Crippen molar-refractivity contribution in [3.05, 3.63) is 65.2 Å². The van der Waals surface area contributed by atoms with E-state index in [1.807, 2.05) is 42.5 Å². The molecule has 2 N–H and O–H groups in total. The van der Waals surface area contributed by atoms with Crippen LogP contribution in [0.5, 0.6) is 5.75 Å². The number of ether oxygens (including phenoxy) is 1. The zero-order valence-corrected chi connectivity index (χ0v) is 14.2. The second-order valence-electron chi connectivity index (χ2n) is 6.05. The first-order valence-corrected chi connectivity index (χ1v) is 8.49. The lowest BCUT2D eigenvalue weighted by Gasteiger charge is -2.25. The molecule has 1 aliphatic rings. The highest BCUT2D eigenvalue weighted by atomic mass is 16.5. The molecule has 0 saturated heterocycles. The molecule has 2 aromatic rings. The smallest absolute Gasteiger partial charge is 0.251 e. The normalized spacial score (nSPS) is 15.6. The van der Waals surface area contributed by atoms with Crippen LogP contribution in [0.3, 0.4) is 0 Å². The third-order valence-corrected chi connectivity index (χ3v) is 4.40. The van der Waals surface area contributed by atoms with E-state index in [0.29, 0.717) is 31.6 Å². The van der Waals surface area contributed by atoms with Gasteiger partial charge in [-0.2, -0.15) is 0 Å². The third-order valence-electron chi connectivity index (χ3n) is 4.40. The van der Waals surface area contributed by atoms with Crippen molar-refractivity contribution in [2.75, 3.05) is 20.2 Å². The van der Waals surface area contributed by atoms with Gasteiger partial charge in [-0.1, -0.05) is 30.3 Å². The molecule has 3 rings (SSSR count). The third kappa shape index (κ3) is 3.99. The lowest BCUT2D eigenvalue weighted by Crippen LogP contribution is -2.33. The summed E-state index contributed by atoms with van der Waals surface area (Å²) in [5.74, 6) is 0.553. The van der Waals surface area contributed by atoms with E-state index in [1.54, 1.807) is 13.1 Å². The van der Waals surface area contributed by atoms with Crippen LogP contribution < -0.4 is 15.4 Å². The Hall–Kier alpha value is -2.82. The second-order valence-corrected chi connectivity index (χ2v) is 6.05. The number of benzene rings is 2. The van der Waals surface area contributed by atoms with E-state index < -0.39 is 0 Å². The molecule has 0 spiro atoms. The molecule has 0 bridgehead atoms. The molecule has 1 heterocycles. The molecule has 1 atom stereocenters. The van der Waals surface area contributed by atoms with Crippen LogP contribution in [0.1, 0.15) is 33.8 Å². The fourth-order valence-electron chi connectivity index (χ4n) is 3.08. The molecule has 1 aliphatic heterocycles. The van der Waals surface area contributed by atoms with Crippen LogP contribution in [0.2, 0.25) is 0 Å². The molecule has 2 aromatic carbocycles. The van der Waals surface area contributed by atoms with Crippen molar-refractivity contribution in [3.8, 4) is 5.75 Å². The van der Waals surface area contributed by atoms with Crippen molar-refractivity contribution in [1.29, 1.82) is 0 Å². The van der Waals surface area contributed by atoms with Gasteiger partial charge in [0.25, 0.3) is 5.91 Å². The predicted octanol–water partition coefficient (Wildman–Crippen LogP) is 2.27. The summed E-state index contributed by atoms with van der Waals surface area (Å²) in [5, 5.41) is 5.62. The molecule has 0 unspecified atom stereocenters. The highest BCUT2D eigenvalue weighted by Gasteiger charge is 2.26. The molecule has 0 fully saturated rings. The molecular weight excluding hydrogens is 316 g/mol. The number of nitrogens with one attached hydrogen (secondary N) is 2. The van der Waals surface area contributed by atoms with E-state index in [9.17, 15) is 9.59 Å². The standard InChI is InChI=1S/C20H22N2O3/c1-21-19(23)15-6-4-5-14(13-15)9-11-22-20(24)17-10-12-25-18-8-3-2-7-16(17)18/h2-8,13,17H,9-12H2,1H3,(H,21,23)(H,22,24)/t17-/m1/s1. The summed E-state index contributed by atoms with van der Waals surface area (Å²) in [4.78, 5) is 24.2. The maximum absolute atomic E-state index is 12.5. The minimum Gasteiger partial charge on any atom is -0.493 e. The number of para-hydroxylation sites is 1. The SMILES string of the molecule is CNC(=O)c1cccc(CCNC(=O)[C@@H]2CCOc3ccccc32)c1. The topological polar surface area (TPSA) is 67.4 Å². The number of rotatable bonds is 5. The van der Waals surface area contributed by atoms with Gasteiger partial charge < -0.3 is 15.4 Å². The van der Waals surface area contributed by atoms with Crippen LogP contribution in [0, 0.1) is 0 Å². The summed E-state index contributed by atoms with van der Waals surface area (Å²) in [6.07, 6.45) is 1.37. The number of hydrogen-bond acceptors (Lipinski definition) is 3. The van der Waals surface area contributed by atoms with Gasteiger partial charge in [-0.05, 0) is 36.6 Å². The van der Waals surface area contributed by atoms with E-state index in [4.69, 9.17) is 4.74 Å². The quantitative estimate of drug-likeness (QED) is 0.879. The minimum atomic E-state index is -0.165. The average molecular weight is 338 g/mol. The first kappa shape index (κ1) is 17.0. The molecule has 2 amide bonds. The summed E-state index contributed by atoms with van der Waals surface area (Å²) in [5.41, 5.74) is 2.60. The fourth-order valence-corrected chi connectivity index (χ4v) is 3.08. The van der Waals surface area contributed by atoms with Gasteiger partial charge in [-0.3, -0.25) is 9.59 Å². The van der Waals surface area contributed by atoms with Gasteiger partial charge in [0.1, 0.15) is 5.75 Å². The van der Waals surface area contributed by atoms with Crippen molar-refractivity contribution in [2.24, 2.45) is 0 Å². The molecule has 130 valence electrons. The summed E-state index contributed by atoms with van der Waals surface area (Å²) in [6.45, 7) is 1.10. The molecule has 0 radical (unpaired) electrons. The molecule has 0 saturated carbocycles. The number of fused-ring (bicyclic) bond motifs is 1. The maximum Gasteiger partial charge on any atom is 0.251 e. The van der Waals surface area contributed by atoms with Crippen molar-refractivity contribution < 1.29 is 14.3 Å². The minimum absolute atomic E-state index is 0.0261. The molecular formula is C20H22N2O3. The molecule has 0 aromatic heterocycles. The van der Waals surface area contributed by atoms with Crippen LogP contribution in [0.4, 0.5) is 0 Å².